The number of nitrogens with one attached hydrogen (secondary N) is 3. The number of methoxy groups -OCH3 is 1. The number of H-pyrrole nitrogens is 1. The van der Waals surface area contributed by atoms with Crippen LogP contribution in [0.3, 0.4) is 0 Å². The number of fused-ring (bicyclic) bond motifs is 1. The molecule has 0 bridgehead atoms. The van der Waals surface area contributed by atoms with E-state index in [1.54, 1.807) is 55.7 Å². The predicted octanol–water partition coefficient (Wildman–Crippen LogP) is 3.89. The van der Waals surface area contributed by atoms with Gasteiger partial charge in [0.25, 0.3) is 17.7 Å². The quantitative estimate of drug-likeness (QED) is 0.276. The van der Waals surface area contributed by atoms with Crippen molar-refractivity contribution in [3.05, 3.63) is 71.2 Å². The smallest absolute Gasteiger partial charge is 0.255 e. The van der Waals surface area contributed by atoms with E-state index in [0.29, 0.717) is 52.5 Å². The van der Waals surface area contributed by atoms with E-state index in [1.807, 2.05) is 0 Å². The second kappa shape index (κ2) is 11.0. The highest BCUT2D eigenvalue weighted by molar-refractivity contribution is 5.99. The van der Waals surface area contributed by atoms with E-state index in [-0.39, 0.29) is 30.2 Å². The molecule has 2 fully saturated rings. The number of benzene rings is 2. The van der Waals surface area contributed by atoms with Crippen LogP contribution in [0.2, 0.25) is 0 Å². The number of hydrogen-bond acceptors (Lipinski definition) is 7. The molecular weight excluding hydrogens is 548 g/mol. The molecule has 218 valence electrons. The van der Waals surface area contributed by atoms with Crippen LogP contribution in [-0.2, 0) is 11.2 Å². The zero-order valence-electron chi connectivity index (χ0n) is 23.0. The number of alkyl halides is 2. The molecule has 1 aliphatic carbocycles. The zero-order valence-corrected chi connectivity index (χ0v) is 23.0. The molecule has 1 saturated carbocycles. The molecule has 2 aromatic heterocycles. The molecule has 2 aliphatic rings. The Labute approximate surface area is 239 Å². The Morgan fingerprint density at radius 2 is 1.81 bits per heavy atom. The third-order valence-electron chi connectivity index (χ3n) is 7.43. The maximum Gasteiger partial charge on any atom is 0.255 e. The molecule has 4 aromatic rings. The van der Waals surface area contributed by atoms with Gasteiger partial charge in [-0.3, -0.25) is 9.59 Å². The monoisotopic (exact) mass is 577 g/mol. The van der Waals surface area contributed by atoms with Crippen molar-refractivity contribution in [3.63, 3.8) is 0 Å². The second-order valence-corrected chi connectivity index (χ2v) is 10.4. The molecule has 10 nitrogen and oxygen atoms in total. The SMILES string of the molecule is CNC(=O)c1ccc(-c2c[nH]c3nc(Cc4ccc(C(=O)NC5COC5)cc4OC)nc(OC4CC(F)(F)C4)c23)cc1. The lowest BCUT2D eigenvalue weighted by Crippen LogP contribution is -2.48. The topological polar surface area (TPSA) is 127 Å². The van der Waals surface area contributed by atoms with Crippen molar-refractivity contribution in [1.82, 2.24) is 25.6 Å². The Balaban J connectivity index is 1.32. The highest BCUT2D eigenvalue weighted by Crippen LogP contribution is 2.42. The summed E-state index contributed by atoms with van der Waals surface area (Å²) in [5.74, 6) is -2.13. The number of carbonyl (C=O) groups is 2. The molecular formula is C30H29F2N5O5. The van der Waals surface area contributed by atoms with Gasteiger partial charge < -0.3 is 29.8 Å². The Morgan fingerprint density at radius 1 is 1.07 bits per heavy atom. The minimum atomic E-state index is -2.76. The molecule has 0 unspecified atom stereocenters. The first-order chi connectivity index (χ1) is 20.2. The Kier molecular flexibility index (Phi) is 7.23. The van der Waals surface area contributed by atoms with E-state index in [0.717, 1.165) is 11.1 Å². The van der Waals surface area contributed by atoms with Crippen LogP contribution in [0.5, 0.6) is 11.6 Å². The van der Waals surface area contributed by atoms with E-state index in [4.69, 9.17) is 19.2 Å². The summed E-state index contributed by atoms with van der Waals surface area (Å²) in [6, 6.07) is 12.1. The van der Waals surface area contributed by atoms with E-state index in [1.165, 1.54) is 7.11 Å². The van der Waals surface area contributed by atoms with Crippen molar-refractivity contribution in [3.8, 4) is 22.8 Å². The average molecular weight is 578 g/mol. The summed E-state index contributed by atoms with van der Waals surface area (Å²) in [7, 11) is 3.08. The number of amides is 2. The summed E-state index contributed by atoms with van der Waals surface area (Å²) in [6.45, 7) is 0.983. The highest BCUT2D eigenvalue weighted by atomic mass is 19.3. The standard InChI is InChI=1S/C30H29F2N5O5/c1-33-27(38)17-5-3-16(4-6-17)22-13-34-26-25(22)29(42-21-11-30(31,32)12-21)37-24(36-26)10-18-7-8-19(9-23(18)40-2)28(39)35-20-14-41-15-20/h3-9,13,20-21H,10-12,14-15H2,1-2H3,(H,33,38)(H,35,39)(H,34,36,37). The third kappa shape index (κ3) is 5.49. The van der Waals surface area contributed by atoms with Crippen LogP contribution in [-0.4, -0.2) is 72.2 Å². The van der Waals surface area contributed by atoms with E-state index in [2.05, 4.69) is 20.6 Å². The summed E-state index contributed by atoms with van der Waals surface area (Å²) < 4.78 is 44.0. The van der Waals surface area contributed by atoms with Gasteiger partial charge in [-0.1, -0.05) is 18.2 Å². The van der Waals surface area contributed by atoms with Crippen LogP contribution in [0, 0.1) is 0 Å². The predicted molar refractivity (Wildman–Crippen MR) is 149 cm³/mol. The fourth-order valence-corrected chi connectivity index (χ4v) is 5.02. The number of rotatable bonds is 9. The lowest BCUT2D eigenvalue weighted by Gasteiger charge is -2.34. The van der Waals surface area contributed by atoms with Gasteiger partial charge in [0, 0.05) is 54.8 Å². The molecule has 3 N–H and O–H groups in total. The van der Waals surface area contributed by atoms with Gasteiger partial charge in [0.15, 0.2) is 0 Å². The Hall–Kier alpha value is -4.58. The van der Waals surface area contributed by atoms with Crippen LogP contribution in [0.1, 0.15) is 44.9 Å². The fraction of sp³-hybridized carbons (Fsp3) is 0.333. The molecule has 42 heavy (non-hydrogen) atoms. The van der Waals surface area contributed by atoms with Crippen LogP contribution >= 0.6 is 0 Å². The summed E-state index contributed by atoms with van der Waals surface area (Å²) in [4.78, 5) is 37.1. The fourth-order valence-electron chi connectivity index (χ4n) is 5.02. The van der Waals surface area contributed by atoms with Gasteiger partial charge in [-0.25, -0.2) is 13.8 Å². The van der Waals surface area contributed by atoms with Crippen molar-refractivity contribution in [1.29, 1.82) is 0 Å². The largest absolute Gasteiger partial charge is 0.496 e. The van der Waals surface area contributed by atoms with Crippen molar-refractivity contribution < 1.29 is 32.6 Å². The van der Waals surface area contributed by atoms with Crippen molar-refractivity contribution in [2.75, 3.05) is 27.4 Å². The van der Waals surface area contributed by atoms with Crippen LogP contribution in [0.4, 0.5) is 8.78 Å². The normalized spacial score (nSPS) is 16.4. The summed E-state index contributed by atoms with van der Waals surface area (Å²) in [5.41, 5.74) is 3.65. The number of aromatic nitrogens is 3. The molecule has 0 atom stereocenters. The number of halogens is 2. The van der Waals surface area contributed by atoms with E-state index in [9.17, 15) is 18.4 Å². The molecule has 1 aliphatic heterocycles. The number of hydrogen-bond donors (Lipinski definition) is 3. The maximum atomic E-state index is 13.7. The summed E-state index contributed by atoms with van der Waals surface area (Å²) in [5, 5.41) is 6.05. The molecule has 2 aromatic carbocycles. The minimum absolute atomic E-state index is 0.00296. The van der Waals surface area contributed by atoms with Gasteiger partial charge in [-0.2, -0.15) is 4.98 Å². The Morgan fingerprint density at radius 3 is 2.45 bits per heavy atom. The van der Waals surface area contributed by atoms with Crippen LogP contribution < -0.4 is 20.1 Å². The second-order valence-electron chi connectivity index (χ2n) is 10.4. The number of ether oxygens (including phenoxy) is 3. The van der Waals surface area contributed by atoms with Gasteiger partial charge in [-0.05, 0) is 29.8 Å². The number of aromatic amines is 1. The molecule has 0 spiro atoms. The Bertz CT molecular complexity index is 1640. The average Bonchev–Trinajstić information content (AvgIpc) is 3.38. The molecule has 12 heteroatoms. The van der Waals surface area contributed by atoms with Crippen molar-refractivity contribution in [2.24, 2.45) is 0 Å². The van der Waals surface area contributed by atoms with Crippen molar-refractivity contribution >= 4 is 22.8 Å². The minimum Gasteiger partial charge on any atom is -0.496 e. The lowest BCUT2D eigenvalue weighted by atomic mass is 9.91. The van der Waals surface area contributed by atoms with Gasteiger partial charge in [0.1, 0.15) is 23.3 Å². The van der Waals surface area contributed by atoms with E-state index >= 15 is 0 Å². The lowest BCUT2D eigenvalue weighted by molar-refractivity contribution is -0.135. The number of nitrogens with zero attached hydrogens (tertiary/aromatic N) is 2. The summed E-state index contributed by atoms with van der Waals surface area (Å²) >= 11 is 0. The zero-order chi connectivity index (χ0) is 29.4. The molecule has 1 saturated heterocycles. The van der Waals surface area contributed by atoms with Crippen LogP contribution in [0.25, 0.3) is 22.2 Å². The van der Waals surface area contributed by atoms with Gasteiger partial charge >= 0.3 is 0 Å². The first-order valence-electron chi connectivity index (χ1n) is 13.5. The first kappa shape index (κ1) is 27.6. The number of carbonyl (C=O) groups excluding carboxylic acids is 2. The molecule has 0 radical (unpaired) electrons. The molecule has 3 heterocycles. The summed E-state index contributed by atoms with van der Waals surface area (Å²) in [6.07, 6.45) is 0.528. The third-order valence-corrected chi connectivity index (χ3v) is 7.43. The van der Waals surface area contributed by atoms with Gasteiger partial charge in [0.2, 0.25) is 5.88 Å². The van der Waals surface area contributed by atoms with Gasteiger partial charge in [-0.15, -0.1) is 0 Å². The maximum absolute atomic E-state index is 13.7. The van der Waals surface area contributed by atoms with Crippen LogP contribution in [0.15, 0.2) is 48.7 Å². The first-order valence-corrected chi connectivity index (χ1v) is 13.5. The molecule has 2 amide bonds. The van der Waals surface area contributed by atoms with Gasteiger partial charge in [0.05, 0.1) is 31.8 Å². The highest BCUT2D eigenvalue weighted by Gasteiger charge is 2.47. The van der Waals surface area contributed by atoms with Crippen molar-refractivity contribution in [2.45, 2.75) is 37.3 Å². The molecule has 6 rings (SSSR count). The van der Waals surface area contributed by atoms with E-state index < -0.39 is 24.9 Å².